The van der Waals surface area contributed by atoms with E-state index in [1.165, 1.54) is 0 Å². The maximum atomic E-state index is 12.6. The summed E-state index contributed by atoms with van der Waals surface area (Å²) >= 11 is 0. The van der Waals surface area contributed by atoms with E-state index in [2.05, 4.69) is 37.6 Å². The van der Waals surface area contributed by atoms with Crippen molar-refractivity contribution < 1.29 is 263 Å². The van der Waals surface area contributed by atoms with E-state index in [1.54, 1.807) is 0 Å². The third-order valence-electron chi connectivity index (χ3n) is 14.3. The molecule has 0 unspecified atom stereocenters. The SMILES string of the molecule is O=S(=O)([O-])OC[C@H]1O[C@H](O[C@H]2[C@@H](O)[C@@H](CO)O[C@@H](O[C@@H]3[C@H](O)[C@@H](OS(=O)(=O)[O-])[C@@H](O[C@H]4[C@@H](O)[C@@H](CO)O[C@@H](O[C@@H]5[C@H](O)[C@@H](OS(=O)(=O)[O-])[C@@H](O[C@H]6[C@@H](O)[C@@H](CO)O[C@@H](O)[C@@H]6OS(=O)(=O)[O-])O[C@@H]5COS(=O)(=O)[O-])[C@@H]4OS(=O)(=O)[O-])O[C@@H]3COS(=O)(=O)[O-])[C@@H]2OS(=O)(=O)[O-])[C@H](OS(=O)(=O)[O-])[C@@H](O)[C@H]1O. The molecule has 103 heavy (non-hydrogen) atoms. The van der Waals surface area contributed by atoms with Crippen LogP contribution in [0, 0.1) is 0 Å². The highest BCUT2D eigenvalue weighted by Crippen LogP contribution is 2.41. The summed E-state index contributed by atoms with van der Waals surface area (Å²) in [5, 5.41) is 120. The molecule has 0 aromatic rings. The summed E-state index contributed by atoms with van der Waals surface area (Å²) < 4.78 is 420. The van der Waals surface area contributed by atoms with Crippen molar-refractivity contribution in [3.63, 3.8) is 0 Å². The summed E-state index contributed by atoms with van der Waals surface area (Å²) in [6.45, 7) is -10.7. The van der Waals surface area contributed by atoms with Gasteiger partial charge in [-0.05, 0) is 0 Å². The van der Waals surface area contributed by atoms with Crippen molar-refractivity contribution in [3.05, 3.63) is 0 Å². The summed E-state index contributed by atoms with van der Waals surface area (Å²) in [5.41, 5.74) is 0. The molecule has 0 bridgehead atoms. The van der Waals surface area contributed by atoms with Gasteiger partial charge >= 0.3 is 0 Å². The highest BCUT2D eigenvalue weighted by atomic mass is 32.3. The summed E-state index contributed by atoms with van der Waals surface area (Å²) in [6.07, 6.45) is -90.7. The molecule has 58 nitrogen and oxygen atoms in total. The first-order valence-corrected chi connectivity index (χ1v) is 38.9. The monoisotopic (exact) mass is 1700 g/mol. The molecule has 6 heterocycles. The highest BCUT2D eigenvalue weighted by Gasteiger charge is 2.61. The van der Waals surface area contributed by atoms with E-state index in [0.717, 1.165) is 0 Å². The Balaban J connectivity index is 1.45. The van der Waals surface area contributed by atoms with Gasteiger partial charge in [-0.15, -0.1) is 0 Å². The number of ether oxygens (including phenoxy) is 11. The zero-order valence-corrected chi connectivity index (χ0v) is 56.7. The minimum absolute atomic E-state index is 1.39. The Morgan fingerprint density at radius 2 is 0.456 bits per heavy atom. The van der Waals surface area contributed by atoms with Gasteiger partial charge in [-0.3, -0.25) is 37.6 Å². The molecule has 0 spiro atoms. The molecular formula is C36H53O58S9-9. The van der Waals surface area contributed by atoms with E-state index >= 15 is 0 Å². The summed E-state index contributed by atoms with van der Waals surface area (Å²) in [5.74, 6) is 0. The molecule has 6 fully saturated rings. The molecule has 608 valence electrons. The van der Waals surface area contributed by atoms with Crippen molar-refractivity contribution in [3.8, 4) is 0 Å². The maximum absolute atomic E-state index is 12.6. The van der Waals surface area contributed by atoms with E-state index in [4.69, 9.17) is 52.1 Å². The lowest BCUT2D eigenvalue weighted by molar-refractivity contribution is -0.391. The lowest BCUT2D eigenvalue weighted by Crippen LogP contribution is -2.69. The molecule has 6 aliphatic rings. The van der Waals surface area contributed by atoms with Crippen molar-refractivity contribution in [1.29, 1.82) is 0 Å². The minimum atomic E-state index is -6.64. The third kappa shape index (κ3) is 26.0. The molecule has 67 heteroatoms. The van der Waals surface area contributed by atoms with Crippen LogP contribution in [0.1, 0.15) is 0 Å². The summed E-state index contributed by atoms with van der Waals surface area (Å²) in [4.78, 5) is 0. The van der Waals surface area contributed by atoms with Crippen molar-refractivity contribution >= 4 is 93.6 Å². The van der Waals surface area contributed by atoms with Crippen LogP contribution in [0.15, 0.2) is 0 Å². The fourth-order valence-electron chi connectivity index (χ4n) is 10.3. The Kier molecular flexibility index (Phi) is 30.3. The van der Waals surface area contributed by atoms with Gasteiger partial charge in [-0.2, -0.15) is 0 Å². The van der Waals surface area contributed by atoms with E-state index in [9.17, 15) is 173 Å². The fraction of sp³-hybridized carbons (Fsp3) is 1.00. The number of hydrogen-bond donors (Lipinski definition) is 11. The van der Waals surface area contributed by atoms with Crippen molar-refractivity contribution in [2.45, 2.75) is 184 Å². The summed E-state index contributed by atoms with van der Waals surface area (Å²) in [7, 11) is -56.7. The van der Waals surface area contributed by atoms with E-state index < -0.39 is 317 Å². The highest BCUT2D eigenvalue weighted by molar-refractivity contribution is 7.82. The van der Waals surface area contributed by atoms with E-state index in [1.807, 2.05) is 0 Å². The maximum Gasteiger partial charge on any atom is 0.218 e. The average Bonchev–Trinajstić information content (AvgIpc) is 0.764. The normalized spacial score (nSPS) is 40.3. The van der Waals surface area contributed by atoms with Crippen LogP contribution in [0.4, 0.5) is 0 Å². The van der Waals surface area contributed by atoms with Gasteiger partial charge in [0.15, 0.2) is 74.4 Å². The first kappa shape index (κ1) is 89.8. The molecule has 0 aromatic heterocycles. The zero-order valence-electron chi connectivity index (χ0n) is 49.3. The fourth-order valence-corrected chi connectivity index (χ4v) is 14.0. The smallest absolute Gasteiger partial charge is 0.218 e. The molecule has 0 saturated carbocycles. The van der Waals surface area contributed by atoms with E-state index in [-0.39, 0.29) is 0 Å². The van der Waals surface area contributed by atoms with Crippen molar-refractivity contribution in [2.24, 2.45) is 0 Å². The Hall–Kier alpha value is -2.05. The first-order valence-electron chi connectivity index (χ1n) is 26.9. The van der Waals surface area contributed by atoms with Crippen molar-refractivity contribution in [1.82, 2.24) is 0 Å². The van der Waals surface area contributed by atoms with Crippen molar-refractivity contribution in [2.75, 3.05) is 39.6 Å². The van der Waals surface area contributed by atoms with Crippen LogP contribution >= 0.6 is 0 Å². The van der Waals surface area contributed by atoms with Crippen LogP contribution in [0.3, 0.4) is 0 Å². The predicted molar refractivity (Wildman–Crippen MR) is 276 cm³/mol. The number of aliphatic hydroxyl groups is 11. The van der Waals surface area contributed by atoms with Gasteiger partial charge in [0.25, 0.3) is 0 Å². The zero-order chi connectivity index (χ0) is 78.2. The number of hydrogen-bond acceptors (Lipinski definition) is 58. The van der Waals surface area contributed by atoms with Gasteiger partial charge in [0, 0.05) is 0 Å². The van der Waals surface area contributed by atoms with Gasteiger partial charge < -0.3 is 149 Å². The van der Waals surface area contributed by atoms with Crippen LogP contribution in [0.2, 0.25) is 0 Å². The number of rotatable bonds is 34. The second kappa shape index (κ2) is 34.7. The molecule has 0 aromatic carbocycles. The topological polar surface area (TPSA) is 922 Å². The standard InChI is InChI=1S/C36H62O58S9/c37-1-7-14(41)22(28(31(47)78-7)92-101(66,67)68)86-33-26(90-99(60,61)62)18(45)20(11(82-33)5-76-96(51,52)53)84-36-30(94-103(72,73)74)24(16(43)9(3-39)80-36)88-34-27(91-100(63,64)65)19(46)21(12(83-34)6-77-97(54,55)56)85-35-29(93-102(69,70)71)23(15(42)8(2-38)79-35)87-32-25(89-98(57,58)59)17(44)13(40)10(81-32)4-75-95(48,49)50/h7-47H,1-6H2,(H,48,49,50)(H,51,52,53)(H,54,55,56)(H,57,58,59)(H,60,61,62)(H,63,64,65)(H,66,67,68)(H,69,70,71)(H,72,73,74)/p-9/t7-,8-,9-,10-,11-,12-,13+,14+,15+,16+,17+,18+,19+,20+,21+,22+,23+,24+,25-,26-,27-,28-,29-,30-,31-,32-,33-,34-,35+,36+/m1/s1. The van der Waals surface area contributed by atoms with Crippen LogP contribution in [-0.4, -0.2) is 397 Å². The molecule has 30 atom stereocenters. The quantitative estimate of drug-likeness (QED) is 0.0210. The molecule has 6 aliphatic heterocycles. The molecular weight excluding hydrogens is 1650 g/mol. The third-order valence-corrected chi connectivity index (χ3v) is 18.3. The molecule has 11 N–H and O–H groups in total. The summed E-state index contributed by atoms with van der Waals surface area (Å²) in [6, 6.07) is 0. The second-order valence-corrected chi connectivity index (χ2v) is 30.4. The minimum Gasteiger partial charge on any atom is -0.726 e. The Morgan fingerprint density at radius 1 is 0.233 bits per heavy atom. The Morgan fingerprint density at radius 3 is 0.748 bits per heavy atom. The second-order valence-electron chi connectivity index (χ2n) is 21.2. The van der Waals surface area contributed by atoms with Crippen LogP contribution in [-0.2, 0) is 183 Å². The Bertz CT molecular complexity index is 3900. The lowest BCUT2D eigenvalue weighted by atomic mass is 9.95. The largest absolute Gasteiger partial charge is 0.726 e. The Labute approximate surface area is 577 Å². The molecule has 6 saturated heterocycles. The van der Waals surface area contributed by atoms with Gasteiger partial charge in [-0.25, -0.2) is 75.8 Å². The number of aliphatic hydroxyl groups excluding tert-OH is 11. The van der Waals surface area contributed by atoms with Gasteiger partial charge in [0.1, 0.15) is 110 Å². The first-order chi connectivity index (χ1) is 46.8. The van der Waals surface area contributed by atoms with E-state index in [0.29, 0.717) is 0 Å². The van der Waals surface area contributed by atoms with Crippen LogP contribution in [0.5, 0.6) is 0 Å². The average molecular weight is 1700 g/mol. The molecule has 0 aliphatic carbocycles. The molecule has 0 radical (unpaired) electrons. The lowest BCUT2D eigenvalue weighted by Gasteiger charge is -2.51. The van der Waals surface area contributed by atoms with Gasteiger partial charge in [0.2, 0.25) is 93.6 Å². The molecule has 0 amide bonds. The van der Waals surface area contributed by atoms with Gasteiger partial charge in [0.05, 0.1) is 39.6 Å². The predicted octanol–water partition coefficient (Wildman–Crippen LogP) is -18.7. The molecule has 6 rings (SSSR count). The van der Waals surface area contributed by atoms with Crippen LogP contribution < -0.4 is 0 Å². The van der Waals surface area contributed by atoms with Gasteiger partial charge in [-0.1, -0.05) is 0 Å². The van der Waals surface area contributed by atoms with Crippen LogP contribution in [0.25, 0.3) is 0 Å².